The monoisotopic (exact) mass is 537 g/mol. The van der Waals surface area contributed by atoms with Gasteiger partial charge in [-0.15, -0.1) is 0 Å². The summed E-state index contributed by atoms with van der Waals surface area (Å²) >= 11 is 3.33. The Morgan fingerprint density at radius 3 is 2.49 bits per heavy atom. The standard InChI is InChI=1S/C25H17BrFN3O5/c26-16-10-11-21(35-14-22(31)28-20-9-5-4-8-19(20)27)15(12-16)13-18-23(32)29-25(34)30(24(18)33)17-6-2-1-3-7-17/h1-13H,14H2,(H,28,31)(H,29,32,34)/b18-13-. The summed E-state index contributed by atoms with van der Waals surface area (Å²) in [4.78, 5) is 51.0. The molecule has 3 aromatic rings. The van der Waals surface area contributed by atoms with Crippen LogP contribution in [0.5, 0.6) is 5.75 Å². The van der Waals surface area contributed by atoms with E-state index in [-0.39, 0.29) is 17.0 Å². The normalized spacial score (nSPS) is 14.6. The molecular formula is C25H17BrFN3O5. The lowest BCUT2D eigenvalue weighted by molar-refractivity contribution is -0.122. The van der Waals surface area contributed by atoms with Crippen LogP contribution < -0.4 is 20.3 Å². The van der Waals surface area contributed by atoms with Gasteiger partial charge in [-0.3, -0.25) is 19.7 Å². The van der Waals surface area contributed by atoms with E-state index in [4.69, 9.17) is 4.74 Å². The second kappa shape index (κ2) is 10.3. The highest BCUT2D eigenvalue weighted by atomic mass is 79.9. The predicted octanol–water partition coefficient (Wildman–Crippen LogP) is 4.27. The molecule has 0 aromatic heterocycles. The highest BCUT2D eigenvalue weighted by Crippen LogP contribution is 2.28. The van der Waals surface area contributed by atoms with Gasteiger partial charge in [-0.25, -0.2) is 14.1 Å². The number of amides is 5. The summed E-state index contributed by atoms with van der Waals surface area (Å²) in [6, 6.07) is 17.8. The zero-order valence-corrected chi connectivity index (χ0v) is 19.5. The van der Waals surface area contributed by atoms with E-state index in [2.05, 4.69) is 26.6 Å². The number of halogens is 2. The molecule has 1 aliphatic heterocycles. The smallest absolute Gasteiger partial charge is 0.335 e. The molecule has 1 saturated heterocycles. The quantitative estimate of drug-likeness (QED) is 0.361. The summed E-state index contributed by atoms with van der Waals surface area (Å²) < 4.78 is 20.0. The van der Waals surface area contributed by atoms with Crippen molar-refractivity contribution in [2.45, 2.75) is 0 Å². The molecule has 3 aromatic carbocycles. The highest BCUT2D eigenvalue weighted by Gasteiger charge is 2.36. The number of hydrogen-bond acceptors (Lipinski definition) is 5. The van der Waals surface area contributed by atoms with Crippen LogP contribution in [0.1, 0.15) is 5.56 Å². The molecule has 1 heterocycles. The average Bonchev–Trinajstić information content (AvgIpc) is 2.83. The van der Waals surface area contributed by atoms with Crippen molar-refractivity contribution in [3.63, 3.8) is 0 Å². The molecule has 5 amide bonds. The molecule has 0 saturated carbocycles. The Morgan fingerprint density at radius 2 is 1.74 bits per heavy atom. The van der Waals surface area contributed by atoms with Crippen molar-refractivity contribution in [3.05, 3.63) is 94.2 Å². The summed E-state index contributed by atoms with van der Waals surface area (Å²) in [5.74, 6) is -2.69. The van der Waals surface area contributed by atoms with Crippen molar-refractivity contribution < 1.29 is 28.3 Å². The first-order chi connectivity index (χ1) is 16.8. The number of anilines is 2. The maximum absolute atomic E-state index is 13.8. The SMILES string of the molecule is O=C(COc1ccc(Br)cc1/C=C1/C(=O)NC(=O)N(c2ccccc2)C1=O)Nc1ccccc1F. The Bertz CT molecular complexity index is 1360. The summed E-state index contributed by atoms with van der Waals surface area (Å²) in [6.45, 7) is -0.457. The fourth-order valence-corrected chi connectivity index (χ4v) is 3.66. The number of nitrogens with one attached hydrogen (secondary N) is 2. The minimum atomic E-state index is -0.865. The summed E-state index contributed by atoms with van der Waals surface area (Å²) in [5.41, 5.74) is 0.310. The summed E-state index contributed by atoms with van der Waals surface area (Å²) in [5, 5.41) is 4.56. The maximum atomic E-state index is 13.8. The maximum Gasteiger partial charge on any atom is 0.335 e. The number of urea groups is 1. The largest absolute Gasteiger partial charge is 0.483 e. The van der Waals surface area contributed by atoms with Crippen molar-refractivity contribution in [1.82, 2.24) is 5.32 Å². The van der Waals surface area contributed by atoms with Gasteiger partial charge in [-0.05, 0) is 48.5 Å². The Labute approximate surface area is 207 Å². The van der Waals surface area contributed by atoms with E-state index >= 15 is 0 Å². The molecule has 0 spiro atoms. The van der Waals surface area contributed by atoms with Crippen LogP contribution in [0, 0.1) is 5.82 Å². The molecule has 2 N–H and O–H groups in total. The third kappa shape index (κ3) is 5.44. The van der Waals surface area contributed by atoms with E-state index in [9.17, 15) is 23.6 Å². The van der Waals surface area contributed by atoms with Gasteiger partial charge in [0.25, 0.3) is 17.7 Å². The van der Waals surface area contributed by atoms with Gasteiger partial charge in [0, 0.05) is 10.0 Å². The van der Waals surface area contributed by atoms with Crippen LogP contribution in [-0.4, -0.2) is 30.4 Å². The van der Waals surface area contributed by atoms with Crippen molar-refractivity contribution in [1.29, 1.82) is 0 Å². The molecule has 1 fully saturated rings. The van der Waals surface area contributed by atoms with Crippen LogP contribution in [0.4, 0.5) is 20.6 Å². The number of benzene rings is 3. The van der Waals surface area contributed by atoms with E-state index in [0.29, 0.717) is 15.7 Å². The molecule has 0 unspecified atom stereocenters. The number of para-hydroxylation sites is 2. The van der Waals surface area contributed by atoms with Gasteiger partial charge in [-0.1, -0.05) is 46.3 Å². The lowest BCUT2D eigenvalue weighted by atomic mass is 10.1. The molecule has 35 heavy (non-hydrogen) atoms. The number of carbonyl (C=O) groups is 4. The number of hydrogen-bond donors (Lipinski definition) is 2. The van der Waals surface area contributed by atoms with E-state index in [0.717, 1.165) is 4.90 Å². The Kier molecular flexibility index (Phi) is 7.02. The molecule has 176 valence electrons. The molecule has 10 heteroatoms. The molecule has 0 radical (unpaired) electrons. The average molecular weight is 538 g/mol. The number of barbiturate groups is 1. The highest BCUT2D eigenvalue weighted by molar-refractivity contribution is 9.10. The lowest BCUT2D eigenvalue weighted by Crippen LogP contribution is -2.54. The number of rotatable bonds is 6. The fraction of sp³-hybridized carbons (Fsp3) is 0.0400. The van der Waals surface area contributed by atoms with Crippen molar-refractivity contribution >= 4 is 57.1 Å². The van der Waals surface area contributed by atoms with E-state index < -0.39 is 36.2 Å². The molecule has 8 nitrogen and oxygen atoms in total. The number of nitrogens with zero attached hydrogens (tertiary/aromatic N) is 1. The summed E-state index contributed by atoms with van der Waals surface area (Å²) in [6.07, 6.45) is 1.27. The number of imide groups is 2. The van der Waals surface area contributed by atoms with Gasteiger partial charge in [0.1, 0.15) is 17.1 Å². The van der Waals surface area contributed by atoms with Crippen LogP contribution in [-0.2, 0) is 14.4 Å². The van der Waals surface area contributed by atoms with Crippen LogP contribution in [0.25, 0.3) is 6.08 Å². The lowest BCUT2D eigenvalue weighted by Gasteiger charge is -2.26. The topological polar surface area (TPSA) is 105 Å². The van der Waals surface area contributed by atoms with Crippen LogP contribution in [0.2, 0.25) is 0 Å². The zero-order valence-electron chi connectivity index (χ0n) is 18.0. The fourth-order valence-electron chi connectivity index (χ4n) is 3.28. The van der Waals surface area contributed by atoms with Crippen LogP contribution in [0.15, 0.2) is 82.8 Å². The predicted molar refractivity (Wildman–Crippen MR) is 130 cm³/mol. The second-order valence-corrected chi connectivity index (χ2v) is 8.21. The van der Waals surface area contributed by atoms with Gasteiger partial charge in [0.05, 0.1) is 11.4 Å². The van der Waals surface area contributed by atoms with Crippen LogP contribution in [0.3, 0.4) is 0 Å². The van der Waals surface area contributed by atoms with Gasteiger partial charge in [0.15, 0.2) is 6.61 Å². The Balaban J connectivity index is 1.58. The summed E-state index contributed by atoms with van der Waals surface area (Å²) in [7, 11) is 0. The minimum absolute atomic E-state index is 0.00870. The second-order valence-electron chi connectivity index (χ2n) is 7.29. The first-order valence-corrected chi connectivity index (χ1v) is 11.1. The van der Waals surface area contributed by atoms with Gasteiger partial charge in [-0.2, -0.15) is 0 Å². The van der Waals surface area contributed by atoms with Gasteiger partial charge >= 0.3 is 6.03 Å². The van der Waals surface area contributed by atoms with E-state index in [1.54, 1.807) is 48.5 Å². The molecule has 0 atom stereocenters. The third-order valence-electron chi connectivity index (χ3n) is 4.89. The minimum Gasteiger partial charge on any atom is -0.483 e. The van der Waals surface area contributed by atoms with Crippen molar-refractivity contribution in [3.8, 4) is 5.75 Å². The number of ether oxygens (including phenoxy) is 1. The third-order valence-corrected chi connectivity index (χ3v) is 5.39. The van der Waals surface area contributed by atoms with Crippen molar-refractivity contribution in [2.75, 3.05) is 16.8 Å². The first-order valence-electron chi connectivity index (χ1n) is 10.3. The molecule has 0 aliphatic carbocycles. The molecule has 4 rings (SSSR count). The van der Waals surface area contributed by atoms with Crippen LogP contribution >= 0.6 is 15.9 Å². The van der Waals surface area contributed by atoms with Gasteiger partial charge < -0.3 is 10.1 Å². The number of carbonyl (C=O) groups excluding carboxylic acids is 4. The molecule has 1 aliphatic rings. The van der Waals surface area contributed by atoms with E-state index in [1.807, 2.05) is 0 Å². The zero-order chi connectivity index (χ0) is 24.9. The molecule has 0 bridgehead atoms. The Hall–Kier alpha value is -4.31. The van der Waals surface area contributed by atoms with Crippen molar-refractivity contribution in [2.24, 2.45) is 0 Å². The van der Waals surface area contributed by atoms with E-state index in [1.165, 1.54) is 30.3 Å². The first kappa shape index (κ1) is 23.8. The van der Waals surface area contributed by atoms with Gasteiger partial charge in [0.2, 0.25) is 0 Å². The Morgan fingerprint density at radius 1 is 1.03 bits per heavy atom. The molecular weight excluding hydrogens is 521 g/mol.